The number of piperazine rings is 1. The second-order valence-corrected chi connectivity index (χ2v) is 6.56. The molecule has 1 saturated heterocycles. The van der Waals surface area contributed by atoms with Crippen LogP contribution >= 0.6 is 0 Å². The lowest BCUT2D eigenvalue weighted by Crippen LogP contribution is -2.44. The third kappa shape index (κ3) is 3.33. The average Bonchev–Trinajstić information content (AvgIpc) is 3.06. The summed E-state index contributed by atoms with van der Waals surface area (Å²) in [6, 6.07) is 13.0. The van der Waals surface area contributed by atoms with Gasteiger partial charge < -0.3 is 19.5 Å². The Hall–Kier alpha value is -2.53. The van der Waals surface area contributed by atoms with Crippen LogP contribution in [0.5, 0.6) is 5.75 Å². The first kappa shape index (κ1) is 16.0. The number of ether oxygens (including phenoxy) is 1. The highest BCUT2D eigenvalue weighted by Crippen LogP contribution is 2.27. The molecule has 1 aliphatic rings. The number of benzene rings is 1. The van der Waals surface area contributed by atoms with Gasteiger partial charge in [0.25, 0.3) is 0 Å². The molecule has 3 heterocycles. The molecular weight excluding hydrogens is 312 g/mol. The number of anilines is 1. The van der Waals surface area contributed by atoms with Gasteiger partial charge in [-0.2, -0.15) is 0 Å². The topological polar surface area (TPSA) is 44.4 Å². The molecule has 0 atom stereocenters. The molecule has 0 saturated carbocycles. The van der Waals surface area contributed by atoms with Gasteiger partial charge in [0.05, 0.1) is 12.8 Å². The van der Waals surface area contributed by atoms with E-state index in [1.807, 2.05) is 13.0 Å². The Balaban J connectivity index is 1.56. The molecule has 1 N–H and O–H groups in total. The molecule has 0 spiro atoms. The minimum Gasteiger partial charge on any atom is -0.492 e. The van der Waals surface area contributed by atoms with Gasteiger partial charge in [-0.05, 0) is 43.8 Å². The van der Waals surface area contributed by atoms with E-state index in [9.17, 15) is 0 Å². The molecule has 5 heteroatoms. The van der Waals surface area contributed by atoms with E-state index in [-0.39, 0.29) is 0 Å². The summed E-state index contributed by atoms with van der Waals surface area (Å²) in [5, 5.41) is 1.07. The fourth-order valence-corrected chi connectivity index (χ4v) is 3.31. The van der Waals surface area contributed by atoms with E-state index in [1.54, 1.807) is 6.20 Å². The van der Waals surface area contributed by atoms with Crippen molar-refractivity contribution in [1.29, 1.82) is 0 Å². The minimum atomic E-state index is 0.651. The van der Waals surface area contributed by atoms with Crippen molar-refractivity contribution < 1.29 is 4.74 Å². The predicted octanol–water partition coefficient (Wildman–Crippen LogP) is 3.38. The fourth-order valence-electron chi connectivity index (χ4n) is 3.31. The number of hydrogen-bond acceptors (Lipinski definition) is 4. The first-order valence-corrected chi connectivity index (χ1v) is 8.88. The van der Waals surface area contributed by atoms with Gasteiger partial charge in [0.1, 0.15) is 11.4 Å². The quantitative estimate of drug-likeness (QED) is 0.793. The van der Waals surface area contributed by atoms with Crippen LogP contribution in [0.1, 0.15) is 6.92 Å². The number of likely N-dealkylation sites (N-methyl/N-ethyl adjacent to an activating group) is 1. The Bertz CT molecular complexity index is 848. The van der Waals surface area contributed by atoms with Crippen molar-refractivity contribution in [3.63, 3.8) is 0 Å². The molecule has 0 amide bonds. The van der Waals surface area contributed by atoms with Gasteiger partial charge in [-0.3, -0.25) is 0 Å². The molecule has 130 valence electrons. The smallest absolute Gasteiger partial charge is 0.138 e. The van der Waals surface area contributed by atoms with Crippen LogP contribution in [-0.2, 0) is 0 Å². The van der Waals surface area contributed by atoms with Gasteiger partial charge in [0.15, 0.2) is 0 Å². The van der Waals surface area contributed by atoms with E-state index in [0.717, 1.165) is 48.7 Å². The molecule has 2 aromatic heterocycles. The molecule has 0 unspecified atom stereocenters. The monoisotopic (exact) mass is 336 g/mol. The standard InChI is InChI=1S/C20H24N4O/c1-3-25-18-12-16-13-19(22-20(16)21-14-18)15-4-6-17(7-5-15)24-10-8-23(2)9-11-24/h4-7,12-14H,3,8-11H2,1-2H3,(H,21,22). The summed E-state index contributed by atoms with van der Waals surface area (Å²) in [7, 11) is 2.18. The van der Waals surface area contributed by atoms with Crippen molar-refractivity contribution in [2.75, 3.05) is 44.7 Å². The molecule has 0 bridgehead atoms. The number of H-pyrrole nitrogens is 1. The normalized spacial score (nSPS) is 15.7. The van der Waals surface area contributed by atoms with E-state index < -0.39 is 0 Å². The maximum absolute atomic E-state index is 5.53. The zero-order chi connectivity index (χ0) is 17.2. The van der Waals surface area contributed by atoms with Crippen molar-refractivity contribution in [3.8, 4) is 17.0 Å². The number of pyridine rings is 1. The lowest BCUT2D eigenvalue weighted by atomic mass is 10.1. The predicted molar refractivity (Wildman–Crippen MR) is 102 cm³/mol. The highest BCUT2D eigenvalue weighted by molar-refractivity contribution is 5.84. The number of nitrogens with one attached hydrogen (secondary N) is 1. The van der Waals surface area contributed by atoms with Crippen LogP contribution in [0.25, 0.3) is 22.3 Å². The molecule has 25 heavy (non-hydrogen) atoms. The van der Waals surface area contributed by atoms with E-state index in [4.69, 9.17) is 4.74 Å². The summed E-state index contributed by atoms with van der Waals surface area (Å²) in [5.41, 5.74) is 4.45. The Morgan fingerprint density at radius 2 is 1.84 bits per heavy atom. The van der Waals surface area contributed by atoms with Crippen molar-refractivity contribution >= 4 is 16.7 Å². The summed E-state index contributed by atoms with van der Waals surface area (Å²) >= 11 is 0. The lowest BCUT2D eigenvalue weighted by Gasteiger charge is -2.34. The van der Waals surface area contributed by atoms with Crippen molar-refractivity contribution in [2.45, 2.75) is 6.92 Å². The number of aromatic nitrogens is 2. The molecule has 5 nitrogen and oxygen atoms in total. The Kier molecular flexibility index (Phi) is 4.32. The Morgan fingerprint density at radius 1 is 1.08 bits per heavy atom. The largest absolute Gasteiger partial charge is 0.492 e. The van der Waals surface area contributed by atoms with Gasteiger partial charge in [-0.1, -0.05) is 12.1 Å². The van der Waals surface area contributed by atoms with Crippen molar-refractivity contribution in [2.24, 2.45) is 0 Å². The maximum Gasteiger partial charge on any atom is 0.138 e. The summed E-state index contributed by atoms with van der Waals surface area (Å²) < 4.78 is 5.53. The Labute approximate surface area is 148 Å². The van der Waals surface area contributed by atoms with Crippen LogP contribution < -0.4 is 9.64 Å². The third-order valence-corrected chi connectivity index (χ3v) is 4.80. The molecule has 1 aromatic carbocycles. The highest BCUT2D eigenvalue weighted by Gasteiger charge is 2.14. The van der Waals surface area contributed by atoms with Crippen molar-refractivity contribution in [1.82, 2.24) is 14.9 Å². The van der Waals surface area contributed by atoms with Gasteiger partial charge >= 0.3 is 0 Å². The van der Waals surface area contributed by atoms with E-state index >= 15 is 0 Å². The molecule has 0 radical (unpaired) electrons. The fraction of sp³-hybridized carbons (Fsp3) is 0.350. The van der Waals surface area contributed by atoms with E-state index in [2.05, 4.69) is 57.1 Å². The molecule has 4 rings (SSSR count). The first-order chi connectivity index (χ1) is 12.2. The zero-order valence-electron chi connectivity index (χ0n) is 14.8. The van der Waals surface area contributed by atoms with E-state index in [0.29, 0.717) is 6.61 Å². The van der Waals surface area contributed by atoms with Crippen LogP contribution in [0, 0.1) is 0 Å². The van der Waals surface area contributed by atoms with Crippen molar-refractivity contribution in [3.05, 3.63) is 42.6 Å². The zero-order valence-corrected chi connectivity index (χ0v) is 14.8. The number of rotatable bonds is 4. The number of fused-ring (bicyclic) bond motifs is 1. The molecular formula is C20H24N4O. The average molecular weight is 336 g/mol. The highest BCUT2D eigenvalue weighted by atomic mass is 16.5. The molecule has 3 aromatic rings. The number of hydrogen-bond donors (Lipinski definition) is 1. The second-order valence-electron chi connectivity index (χ2n) is 6.56. The molecule has 1 aliphatic heterocycles. The van der Waals surface area contributed by atoms with Gasteiger partial charge in [-0.15, -0.1) is 0 Å². The van der Waals surface area contributed by atoms with Crippen LogP contribution in [0.4, 0.5) is 5.69 Å². The summed E-state index contributed by atoms with van der Waals surface area (Å²) in [4.78, 5) is 12.7. The Morgan fingerprint density at radius 3 is 2.56 bits per heavy atom. The van der Waals surface area contributed by atoms with E-state index in [1.165, 1.54) is 11.3 Å². The number of nitrogens with zero attached hydrogens (tertiary/aromatic N) is 3. The molecule has 1 fully saturated rings. The van der Waals surface area contributed by atoms with Crippen LogP contribution in [-0.4, -0.2) is 54.7 Å². The third-order valence-electron chi connectivity index (χ3n) is 4.80. The van der Waals surface area contributed by atoms with Crippen LogP contribution in [0.2, 0.25) is 0 Å². The van der Waals surface area contributed by atoms with Crippen LogP contribution in [0.3, 0.4) is 0 Å². The summed E-state index contributed by atoms with van der Waals surface area (Å²) in [5.74, 6) is 0.811. The minimum absolute atomic E-state index is 0.651. The lowest BCUT2D eigenvalue weighted by molar-refractivity contribution is 0.313. The van der Waals surface area contributed by atoms with Gasteiger partial charge in [0.2, 0.25) is 0 Å². The number of aromatic amines is 1. The van der Waals surface area contributed by atoms with Gasteiger partial charge in [-0.25, -0.2) is 4.98 Å². The summed E-state index contributed by atoms with van der Waals surface area (Å²) in [6.07, 6.45) is 1.77. The maximum atomic E-state index is 5.53. The van der Waals surface area contributed by atoms with Crippen LogP contribution in [0.15, 0.2) is 42.6 Å². The summed E-state index contributed by atoms with van der Waals surface area (Å²) in [6.45, 7) is 7.06. The molecule has 0 aliphatic carbocycles. The second kappa shape index (κ2) is 6.76. The van der Waals surface area contributed by atoms with Gasteiger partial charge in [0, 0.05) is 42.9 Å². The SMILES string of the molecule is CCOc1cnc2[nH]c(-c3ccc(N4CCN(C)CC4)cc3)cc2c1. The first-order valence-electron chi connectivity index (χ1n) is 8.88.